The van der Waals surface area contributed by atoms with Crippen molar-refractivity contribution in [3.63, 3.8) is 0 Å². The lowest BCUT2D eigenvalue weighted by Gasteiger charge is -2.11. The molecule has 0 saturated heterocycles. The highest BCUT2D eigenvalue weighted by Gasteiger charge is 2.11. The van der Waals surface area contributed by atoms with Gasteiger partial charge >= 0.3 is 5.97 Å². The van der Waals surface area contributed by atoms with E-state index in [0.717, 1.165) is 11.4 Å². The number of pyridine rings is 1. The van der Waals surface area contributed by atoms with Gasteiger partial charge in [-0.15, -0.1) is 0 Å². The predicted molar refractivity (Wildman–Crippen MR) is 72.6 cm³/mol. The lowest BCUT2D eigenvalue weighted by Crippen LogP contribution is -2.10. The number of carbonyl (C=O) groups is 1. The largest absolute Gasteiger partial charge is 0.507 e. The molecule has 2 aromatic rings. The summed E-state index contributed by atoms with van der Waals surface area (Å²) in [5.74, 6) is -0.577. The van der Waals surface area contributed by atoms with E-state index in [1.807, 2.05) is 31.1 Å². The molecule has 5 heteroatoms. The molecule has 5 nitrogen and oxygen atoms in total. The van der Waals surface area contributed by atoms with Crippen molar-refractivity contribution in [1.82, 2.24) is 4.98 Å². The fourth-order valence-electron chi connectivity index (χ4n) is 1.71. The Bertz CT molecular complexity index is 607. The first-order chi connectivity index (χ1) is 8.99. The molecule has 0 atom stereocenters. The van der Waals surface area contributed by atoms with Crippen LogP contribution >= 0.6 is 0 Å². The molecule has 0 amide bonds. The van der Waals surface area contributed by atoms with Crippen LogP contribution < -0.4 is 4.90 Å². The van der Waals surface area contributed by atoms with Crippen LogP contribution in [0.5, 0.6) is 5.75 Å². The van der Waals surface area contributed by atoms with Crippen molar-refractivity contribution in [2.75, 3.05) is 19.0 Å². The molecule has 0 unspecified atom stereocenters. The summed E-state index contributed by atoms with van der Waals surface area (Å²) in [6.07, 6.45) is 1.67. The Balaban J connectivity index is 2.41. The van der Waals surface area contributed by atoms with Gasteiger partial charge in [-0.05, 0) is 29.8 Å². The van der Waals surface area contributed by atoms with Crippen molar-refractivity contribution in [2.45, 2.75) is 0 Å². The van der Waals surface area contributed by atoms with Crippen molar-refractivity contribution < 1.29 is 15.0 Å². The summed E-state index contributed by atoms with van der Waals surface area (Å²) in [5, 5.41) is 18.4. The number of aromatic carboxylic acids is 1. The van der Waals surface area contributed by atoms with Crippen molar-refractivity contribution in [3.05, 3.63) is 42.1 Å². The molecule has 19 heavy (non-hydrogen) atoms. The van der Waals surface area contributed by atoms with Crippen LogP contribution in [0.2, 0.25) is 0 Å². The van der Waals surface area contributed by atoms with Crippen molar-refractivity contribution in [1.29, 1.82) is 0 Å². The summed E-state index contributed by atoms with van der Waals surface area (Å²) in [4.78, 5) is 17.1. The van der Waals surface area contributed by atoms with Crippen molar-refractivity contribution in [3.8, 4) is 16.9 Å². The Kier molecular flexibility index (Phi) is 3.37. The van der Waals surface area contributed by atoms with Gasteiger partial charge in [0.15, 0.2) is 0 Å². The highest BCUT2D eigenvalue weighted by molar-refractivity contribution is 5.92. The van der Waals surface area contributed by atoms with Gasteiger partial charge in [-0.3, -0.25) is 0 Å². The van der Waals surface area contributed by atoms with Gasteiger partial charge in [-0.2, -0.15) is 0 Å². The number of hydrogen-bond acceptors (Lipinski definition) is 4. The zero-order valence-electron chi connectivity index (χ0n) is 10.7. The summed E-state index contributed by atoms with van der Waals surface area (Å²) >= 11 is 0. The van der Waals surface area contributed by atoms with Gasteiger partial charge in [-0.1, -0.05) is 6.07 Å². The number of rotatable bonds is 3. The van der Waals surface area contributed by atoms with Crippen LogP contribution in [0.3, 0.4) is 0 Å². The molecule has 0 aliphatic rings. The van der Waals surface area contributed by atoms with Crippen molar-refractivity contribution >= 4 is 11.8 Å². The molecular formula is C14H14N2O3. The molecule has 1 aromatic heterocycles. The van der Waals surface area contributed by atoms with Gasteiger partial charge in [0.1, 0.15) is 17.1 Å². The third-order valence-corrected chi connectivity index (χ3v) is 2.77. The van der Waals surface area contributed by atoms with E-state index in [0.29, 0.717) is 5.56 Å². The third kappa shape index (κ3) is 2.65. The minimum atomic E-state index is -1.16. The molecule has 0 radical (unpaired) electrons. The van der Waals surface area contributed by atoms with Gasteiger partial charge in [-0.25, -0.2) is 9.78 Å². The second kappa shape index (κ2) is 4.97. The first-order valence-corrected chi connectivity index (χ1v) is 5.69. The SMILES string of the molecule is CN(C)c1ccc(-c2ccc(O)c(C(=O)O)c2)cn1. The van der Waals surface area contributed by atoms with E-state index in [-0.39, 0.29) is 11.3 Å². The maximum atomic E-state index is 11.0. The van der Waals surface area contributed by atoms with Crippen LogP contribution in [0.15, 0.2) is 36.5 Å². The van der Waals surface area contributed by atoms with Crippen molar-refractivity contribution in [2.24, 2.45) is 0 Å². The molecule has 0 aliphatic carbocycles. The maximum Gasteiger partial charge on any atom is 0.339 e. The number of hydrogen-bond donors (Lipinski definition) is 2. The molecular weight excluding hydrogens is 244 g/mol. The van der Waals surface area contributed by atoms with E-state index >= 15 is 0 Å². The van der Waals surface area contributed by atoms with Gasteiger partial charge in [0.2, 0.25) is 0 Å². The molecule has 1 heterocycles. The number of carboxylic acids is 1. The molecule has 0 bridgehead atoms. The van der Waals surface area contributed by atoms with Gasteiger partial charge < -0.3 is 15.1 Å². The molecule has 2 N–H and O–H groups in total. The highest BCUT2D eigenvalue weighted by Crippen LogP contribution is 2.26. The van der Waals surface area contributed by atoms with Crippen LogP contribution in [0.1, 0.15) is 10.4 Å². The second-order valence-electron chi connectivity index (χ2n) is 4.34. The monoisotopic (exact) mass is 258 g/mol. The number of anilines is 1. The van der Waals surface area contributed by atoms with E-state index in [9.17, 15) is 9.90 Å². The molecule has 0 spiro atoms. The van der Waals surface area contributed by atoms with Crippen LogP contribution in [-0.4, -0.2) is 35.3 Å². The first kappa shape index (κ1) is 12.9. The predicted octanol–water partition coefficient (Wildman–Crippen LogP) is 2.22. The fourth-order valence-corrected chi connectivity index (χ4v) is 1.71. The lowest BCUT2D eigenvalue weighted by atomic mass is 10.0. The zero-order valence-corrected chi connectivity index (χ0v) is 10.7. The highest BCUT2D eigenvalue weighted by atomic mass is 16.4. The minimum absolute atomic E-state index is 0.116. The summed E-state index contributed by atoms with van der Waals surface area (Å²) in [6.45, 7) is 0. The van der Waals surface area contributed by atoms with E-state index < -0.39 is 5.97 Å². The standard InChI is InChI=1S/C14H14N2O3/c1-16(2)13-6-4-10(8-15-13)9-3-5-12(17)11(7-9)14(18)19/h3-8,17H,1-2H3,(H,18,19). The van der Waals surface area contributed by atoms with Crippen LogP contribution in [-0.2, 0) is 0 Å². The smallest absolute Gasteiger partial charge is 0.339 e. The Labute approximate surface area is 110 Å². The van der Waals surface area contributed by atoms with Gasteiger partial charge in [0.25, 0.3) is 0 Å². The Hall–Kier alpha value is -2.56. The minimum Gasteiger partial charge on any atom is -0.507 e. The van der Waals surface area contributed by atoms with Gasteiger partial charge in [0, 0.05) is 25.9 Å². The third-order valence-electron chi connectivity index (χ3n) is 2.77. The average molecular weight is 258 g/mol. The summed E-state index contributed by atoms with van der Waals surface area (Å²) in [7, 11) is 3.79. The fraction of sp³-hybridized carbons (Fsp3) is 0.143. The first-order valence-electron chi connectivity index (χ1n) is 5.69. The normalized spacial score (nSPS) is 10.2. The molecule has 0 saturated carbocycles. The summed E-state index contributed by atoms with van der Waals surface area (Å²) in [6, 6.07) is 8.18. The van der Waals surface area contributed by atoms with Crippen LogP contribution in [0.25, 0.3) is 11.1 Å². The number of carboxylic acid groups (broad SMARTS) is 1. The lowest BCUT2D eigenvalue weighted by molar-refractivity contribution is 0.0694. The summed E-state index contributed by atoms with van der Waals surface area (Å²) in [5.41, 5.74) is 1.38. The second-order valence-corrected chi connectivity index (χ2v) is 4.34. The Morgan fingerprint density at radius 1 is 1.16 bits per heavy atom. The molecule has 2 rings (SSSR count). The molecule has 1 aromatic carbocycles. The number of aromatic hydroxyl groups is 1. The average Bonchev–Trinajstić information content (AvgIpc) is 2.39. The van der Waals surface area contributed by atoms with Crippen LogP contribution in [0, 0.1) is 0 Å². The number of benzene rings is 1. The number of nitrogens with zero attached hydrogens (tertiary/aromatic N) is 2. The molecule has 0 fully saturated rings. The van der Waals surface area contributed by atoms with E-state index in [1.165, 1.54) is 12.1 Å². The zero-order chi connectivity index (χ0) is 14.0. The Morgan fingerprint density at radius 3 is 2.37 bits per heavy atom. The topological polar surface area (TPSA) is 73.7 Å². The maximum absolute atomic E-state index is 11.0. The van der Waals surface area contributed by atoms with E-state index in [2.05, 4.69) is 4.98 Å². The summed E-state index contributed by atoms with van der Waals surface area (Å²) < 4.78 is 0. The Morgan fingerprint density at radius 2 is 1.84 bits per heavy atom. The van der Waals surface area contributed by atoms with Crippen LogP contribution in [0.4, 0.5) is 5.82 Å². The number of aromatic nitrogens is 1. The van der Waals surface area contributed by atoms with E-state index in [1.54, 1.807) is 12.3 Å². The van der Waals surface area contributed by atoms with Gasteiger partial charge in [0.05, 0.1) is 0 Å². The van der Waals surface area contributed by atoms with E-state index in [4.69, 9.17) is 5.11 Å². The number of phenols is 1. The quantitative estimate of drug-likeness (QED) is 0.883. The molecule has 98 valence electrons. The molecule has 0 aliphatic heterocycles.